The number of nitrogen functional groups attached to an aromatic ring is 1. The van der Waals surface area contributed by atoms with Crippen molar-refractivity contribution in [3.63, 3.8) is 0 Å². The number of pyridine rings is 1. The van der Waals surface area contributed by atoms with Crippen LogP contribution in [-0.2, 0) is 6.18 Å². The summed E-state index contributed by atoms with van der Waals surface area (Å²) >= 11 is 1.86. The maximum Gasteiger partial charge on any atom is 0.433 e. The van der Waals surface area contributed by atoms with E-state index in [4.69, 9.17) is 5.73 Å². The Morgan fingerprint density at radius 1 is 1.42 bits per heavy atom. The minimum Gasteiger partial charge on any atom is -0.396 e. The minimum atomic E-state index is -4.44. The summed E-state index contributed by atoms with van der Waals surface area (Å²) in [5, 5.41) is 3.45. The van der Waals surface area contributed by atoms with Crippen LogP contribution in [0.2, 0.25) is 0 Å². The number of nitrogens with zero attached hydrogens (tertiary/aromatic N) is 1. The smallest absolute Gasteiger partial charge is 0.396 e. The molecule has 0 aromatic carbocycles. The van der Waals surface area contributed by atoms with Crippen molar-refractivity contribution in [2.75, 3.05) is 23.3 Å². The van der Waals surface area contributed by atoms with Crippen LogP contribution in [0, 0.1) is 0 Å². The summed E-state index contributed by atoms with van der Waals surface area (Å²) in [4.78, 5) is 3.31. The highest BCUT2D eigenvalue weighted by molar-refractivity contribution is 7.99. The highest BCUT2D eigenvalue weighted by Gasteiger charge is 2.33. The van der Waals surface area contributed by atoms with E-state index in [9.17, 15) is 13.2 Å². The average molecular weight is 291 g/mol. The summed E-state index contributed by atoms with van der Waals surface area (Å²) in [6.07, 6.45) is 0.105. The molecule has 1 unspecified atom stereocenters. The first-order valence-electron chi connectivity index (χ1n) is 6.15. The van der Waals surface area contributed by atoms with Crippen molar-refractivity contribution in [2.24, 2.45) is 0 Å². The first kappa shape index (κ1) is 14.3. The van der Waals surface area contributed by atoms with Gasteiger partial charge in [-0.25, -0.2) is 4.98 Å². The third kappa shape index (κ3) is 3.92. The molecule has 106 valence electrons. The van der Waals surface area contributed by atoms with Crippen LogP contribution in [0.5, 0.6) is 0 Å². The number of nitrogens with one attached hydrogen (secondary N) is 1. The van der Waals surface area contributed by atoms with Crippen LogP contribution in [0.15, 0.2) is 12.3 Å². The number of nitrogens with two attached hydrogens (primary N) is 1. The Balaban J connectivity index is 2.02. The van der Waals surface area contributed by atoms with E-state index >= 15 is 0 Å². The second-order valence-electron chi connectivity index (χ2n) is 4.52. The van der Waals surface area contributed by atoms with Gasteiger partial charge in [0.1, 0.15) is 5.69 Å². The molecule has 3 nitrogen and oxygen atoms in total. The maximum atomic E-state index is 12.6. The molecule has 1 aromatic rings. The number of thioether (sulfide) groups is 1. The van der Waals surface area contributed by atoms with E-state index in [2.05, 4.69) is 10.3 Å². The minimum absolute atomic E-state index is 0.244. The number of hydrogen-bond donors (Lipinski definition) is 2. The summed E-state index contributed by atoms with van der Waals surface area (Å²) in [7, 11) is 0. The average Bonchev–Trinajstić information content (AvgIpc) is 2.37. The van der Waals surface area contributed by atoms with Crippen molar-refractivity contribution in [2.45, 2.75) is 30.7 Å². The number of alkyl halides is 3. The number of rotatable bonds is 3. The van der Waals surface area contributed by atoms with Gasteiger partial charge in [0.25, 0.3) is 0 Å². The van der Waals surface area contributed by atoms with Crippen molar-refractivity contribution in [1.82, 2.24) is 4.98 Å². The fourth-order valence-electron chi connectivity index (χ4n) is 1.97. The third-order valence-electron chi connectivity index (χ3n) is 3.02. The first-order chi connectivity index (χ1) is 8.97. The Kier molecular flexibility index (Phi) is 4.44. The Bertz CT molecular complexity index is 431. The zero-order chi connectivity index (χ0) is 13.9. The lowest BCUT2D eigenvalue weighted by molar-refractivity contribution is -0.141. The lowest BCUT2D eigenvalue weighted by Crippen LogP contribution is -2.21. The Morgan fingerprint density at radius 3 is 2.84 bits per heavy atom. The van der Waals surface area contributed by atoms with Crippen LogP contribution in [-0.4, -0.2) is 22.5 Å². The molecule has 1 atom stereocenters. The number of anilines is 2. The van der Waals surface area contributed by atoms with Gasteiger partial charge in [0, 0.05) is 11.8 Å². The second-order valence-corrected chi connectivity index (χ2v) is 5.93. The summed E-state index contributed by atoms with van der Waals surface area (Å²) < 4.78 is 37.7. The standard InChI is InChI=1S/C12H16F3N3S/c13-12(14,15)11-5-10(9(16)7-18-11)17-6-8-3-1-2-4-19-8/h5,7-8H,1-4,6,16H2,(H,17,18). The fraction of sp³-hybridized carbons (Fsp3) is 0.583. The van der Waals surface area contributed by atoms with Gasteiger partial charge in [0.2, 0.25) is 0 Å². The van der Waals surface area contributed by atoms with Gasteiger partial charge >= 0.3 is 6.18 Å². The molecule has 0 amide bonds. The van der Waals surface area contributed by atoms with Crippen LogP contribution in [0.25, 0.3) is 0 Å². The molecule has 1 aliphatic rings. The molecule has 19 heavy (non-hydrogen) atoms. The highest BCUT2D eigenvalue weighted by Crippen LogP contribution is 2.31. The van der Waals surface area contributed by atoms with Crippen LogP contribution < -0.4 is 11.1 Å². The topological polar surface area (TPSA) is 50.9 Å². The summed E-state index contributed by atoms with van der Waals surface area (Å²) in [5.74, 6) is 1.12. The zero-order valence-electron chi connectivity index (χ0n) is 10.3. The molecule has 0 bridgehead atoms. The van der Waals surface area contributed by atoms with Crippen molar-refractivity contribution in [1.29, 1.82) is 0 Å². The fourth-order valence-corrected chi connectivity index (χ4v) is 3.20. The molecular weight excluding hydrogens is 275 g/mol. The van der Waals surface area contributed by atoms with Gasteiger partial charge in [-0.2, -0.15) is 24.9 Å². The Morgan fingerprint density at radius 2 is 2.21 bits per heavy atom. The second kappa shape index (κ2) is 5.90. The molecule has 0 aliphatic carbocycles. The van der Waals surface area contributed by atoms with Gasteiger partial charge in [-0.05, 0) is 24.7 Å². The Hall–Kier alpha value is -1.11. The Labute approximate surface area is 114 Å². The van der Waals surface area contributed by atoms with E-state index in [0.29, 0.717) is 17.5 Å². The molecule has 0 radical (unpaired) electrons. The molecule has 1 saturated heterocycles. The predicted octanol–water partition coefficient (Wildman–Crippen LogP) is 3.38. The van der Waals surface area contributed by atoms with Crippen molar-refractivity contribution in [3.8, 4) is 0 Å². The summed E-state index contributed by atoms with van der Waals surface area (Å²) in [6, 6.07) is 0.975. The molecular formula is C12H16F3N3S. The SMILES string of the molecule is Nc1cnc(C(F)(F)F)cc1NCC1CCCCS1. The molecule has 2 rings (SSSR count). The van der Waals surface area contributed by atoms with Crippen LogP contribution >= 0.6 is 11.8 Å². The van der Waals surface area contributed by atoms with E-state index in [1.54, 1.807) is 0 Å². The summed E-state index contributed by atoms with van der Waals surface area (Å²) in [5.41, 5.74) is 5.29. The molecule has 1 aromatic heterocycles. The van der Waals surface area contributed by atoms with Crippen LogP contribution in [0.4, 0.5) is 24.5 Å². The van der Waals surface area contributed by atoms with E-state index in [0.717, 1.165) is 24.4 Å². The van der Waals surface area contributed by atoms with Gasteiger partial charge < -0.3 is 11.1 Å². The quantitative estimate of drug-likeness (QED) is 0.896. The van der Waals surface area contributed by atoms with Crippen molar-refractivity contribution < 1.29 is 13.2 Å². The zero-order valence-corrected chi connectivity index (χ0v) is 11.2. The number of aromatic nitrogens is 1. The number of hydrogen-bond acceptors (Lipinski definition) is 4. The van der Waals surface area contributed by atoms with Gasteiger partial charge in [-0.1, -0.05) is 6.42 Å². The molecule has 7 heteroatoms. The van der Waals surface area contributed by atoms with Gasteiger partial charge in [0.05, 0.1) is 17.6 Å². The molecule has 1 aliphatic heterocycles. The lowest BCUT2D eigenvalue weighted by atomic mass is 10.2. The maximum absolute atomic E-state index is 12.6. The van der Waals surface area contributed by atoms with Gasteiger partial charge in [0.15, 0.2) is 0 Å². The molecule has 0 spiro atoms. The van der Waals surface area contributed by atoms with Crippen LogP contribution in [0.3, 0.4) is 0 Å². The van der Waals surface area contributed by atoms with E-state index in [1.807, 2.05) is 11.8 Å². The van der Waals surface area contributed by atoms with Crippen LogP contribution in [0.1, 0.15) is 25.0 Å². The first-order valence-corrected chi connectivity index (χ1v) is 7.20. The highest BCUT2D eigenvalue weighted by atomic mass is 32.2. The monoisotopic (exact) mass is 291 g/mol. The number of halogens is 3. The normalized spacial score (nSPS) is 20.3. The predicted molar refractivity (Wildman–Crippen MR) is 72.2 cm³/mol. The largest absolute Gasteiger partial charge is 0.433 e. The summed E-state index contributed by atoms with van der Waals surface area (Å²) in [6.45, 7) is 0.635. The lowest BCUT2D eigenvalue weighted by Gasteiger charge is -2.22. The van der Waals surface area contributed by atoms with E-state index < -0.39 is 11.9 Å². The van der Waals surface area contributed by atoms with E-state index in [1.165, 1.54) is 12.8 Å². The molecule has 2 heterocycles. The van der Waals surface area contributed by atoms with Gasteiger partial charge in [-0.15, -0.1) is 0 Å². The van der Waals surface area contributed by atoms with Gasteiger partial charge in [-0.3, -0.25) is 0 Å². The molecule has 0 saturated carbocycles. The molecule has 3 N–H and O–H groups in total. The van der Waals surface area contributed by atoms with Crippen molar-refractivity contribution >= 4 is 23.1 Å². The third-order valence-corrected chi connectivity index (χ3v) is 4.42. The van der Waals surface area contributed by atoms with Crippen molar-refractivity contribution in [3.05, 3.63) is 18.0 Å². The van der Waals surface area contributed by atoms with E-state index in [-0.39, 0.29) is 5.69 Å². The molecule has 1 fully saturated rings.